The van der Waals surface area contributed by atoms with Crippen LogP contribution < -0.4 is 19.7 Å². The van der Waals surface area contributed by atoms with E-state index in [1.165, 1.54) is 0 Å². The summed E-state index contributed by atoms with van der Waals surface area (Å²) < 4.78 is 12.0. The van der Waals surface area contributed by atoms with Gasteiger partial charge in [0.15, 0.2) is 0 Å². The van der Waals surface area contributed by atoms with Gasteiger partial charge in [-0.3, -0.25) is 4.79 Å². The van der Waals surface area contributed by atoms with Crippen molar-refractivity contribution < 1.29 is 14.3 Å². The number of nitrogens with one attached hydrogen (secondary N) is 2. The molecule has 9 nitrogen and oxygen atoms in total. The van der Waals surface area contributed by atoms with Gasteiger partial charge in [-0.15, -0.1) is 0 Å². The molecular weight excluding hydrogens is 456 g/mol. The van der Waals surface area contributed by atoms with E-state index in [0.717, 1.165) is 37.1 Å². The molecule has 1 aliphatic rings. The van der Waals surface area contributed by atoms with Gasteiger partial charge in [0.25, 0.3) is 5.91 Å². The summed E-state index contributed by atoms with van der Waals surface area (Å²) in [5, 5.41) is 3.61. The van der Waals surface area contributed by atoms with E-state index in [9.17, 15) is 4.79 Å². The summed E-state index contributed by atoms with van der Waals surface area (Å²) in [4.78, 5) is 29.1. The first kappa shape index (κ1) is 23.4. The first-order valence-electron chi connectivity index (χ1n) is 11.8. The zero-order valence-electron chi connectivity index (χ0n) is 20.1. The van der Waals surface area contributed by atoms with E-state index in [-0.39, 0.29) is 5.91 Å². The van der Waals surface area contributed by atoms with Crippen molar-refractivity contribution in [3.05, 3.63) is 79.1 Å². The molecule has 0 aliphatic carbocycles. The number of rotatable bonds is 8. The molecule has 0 radical (unpaired) electrons. The predicted molar refractivity (Wildman–Crippen MR) is 140 cm³/mol. The lowest BCUT2D eigenvalue weighted by molar-refractivity contribution is 0.102. The number of fused-ring (bicyclic) bond motifs is 1. The standard InChI is InChI=1S/C27H28N6O3/c1-3-17-35-26-22-18-21(10-11-23(22)30-27(31-26)33-15-13-32(2)14-16-33)36-20-8-6-19(7-9-20)29-25(34)24-5-4-12-28-24/h3-12,18,28H,1,13-17H2,2H3,(H,29,34). The number of likely N-dealkylation sites (N-methyl/N-ethyl adjacent to an activating group) is 1. The Morgan fingerprint density at radius 2 is 1.86 bits per heavy atom. The van der Waals surface area contributed by atoms with E-state index < -0.39 is 0 Å². The van der Waals surface area contributed by atoms with Gasteiger partial charge in [-0.2, -0.15) is 4.98 Å². The van der Waals surface area contributed by atoms with Gasteiger partial charge in [-0.05, 0) is 61.6 Å². The molecule has 3 heterocycles. The largest absolute Gasteiger partial charge is 0.473 e. The minimum Gasteiger partial charge on any atom is -0.473 e. The van der Waals surface area contributed by atoms with Crippen molar-refractivity contribution in [1.82, 2.24) is 19.9 Å². The molecule has 0 bridgehead atoms. The topological polar surface area (TPSA) is 95.6 Å². The van der Waals surface area contributed by atoms with Crippen LogP contribution in [0.4, 0.5) is 11.6 Å². The summed E-state index contributed by atoms with van der Waals surface area (Å²) in [5.41, 5.74) is 1.96. The number of nitrogens with zero attached hydrogens (tertiary/aromatic N) is 4. The second kappa shape index (κ2) is 10.5. The summed E-state index contributed by atoms with van der Waals surface area (Å²) in [6.07, 6.45) is 3.40. The molecule has 1 saturated heterocycles. The Balaban J connectivity index is 1.34. The number of carbonyl (C=O) groups excluding carboxylic acids is 1. The van der Waals surface area contributed by atoms with E-state index >= 15 is 0 Å². The van der Waals surface area contributed by atoms with Gasteiger partial charge < -0.3 is 29.6 Å². The lowest BCUT2D eigenvalue weighted by Gasteiger charge is -2.32. The van der Waals surface area contributed by atoms with Crippen LogP contribution in [0.25, 0.3) is 10.9 Å². The number of piperazine rings is 1. The zero-order chi connectivity index (χ0) is 24.9. The zero-order valence-corrected chi connectivity index (χ0v) is 20.1. The Labute approximate surface area is 209 Å². The molecule has 2 aromatic carbocycles. The fraction of sp³-hybridized carbons (Fsp3) is 0.222. The maximum atomic E-state index is 12.2. The lowest BCUT2D eigenvalue weighted by Crippen LogP contribution is -2.45. The highest BCUT2D eigenvalue weighted by molar-refractivity contribution is 6.02. The summed E-state index contributed by atoms with van der Waals surface area (Å²) in [5.74, 6) is 2.23. The van der Waals surface area contributed by atoms with Gasteiger partial charge in [0.1, 0.15) is 23.8 Å². The third kappa shape index (κ3) is 5.31. The summed E-state index contributed by atoms with van der Waals surface area (Å²) >= 11 is 0. The van der Waals surface area contributed by atoms with Crippen LogP contribution in [0.2, 0.25) is 0 Å². The number of anilines is 2. The average Bonchev–Trinajstić information content (AvgIpc) is 3.44. The summed E-state index contributed by atoms with van der Waals surface area (Å²) in [6.45, 7) is 7.76. The lowest BCUT2D eigenvalue weighted by atomic mass is 10.2. The average molecular weight is 485 g/mol. The normalized spacial score (nSPS) is 14.0. The highest BCUT2D eigenvalue weighted by atomic mass is 16.5. The number of aromatic amines is 1. The number of benzene rings is 2. The van der Waals surface area contributed by atoms with Crippen molar-refractivity contribution in [3.63, 3.8) is 0 Å². The van der Waals surface area contributed by atoms with Crippen LogP contribution in [0.5, 0.6) is 17.4 Å². The Kier molecular flexibility index (Phi) is 6.81. The molecule has 0 saturated carbocycles. The molecule has 2 aromatic heterocycles. The van der Waals surface area contributed by atoms with E-state index in [1.54, 1.807) is 48.7 Å². The van der Waals surface area contributed by atoms with Crippen molar-refractivity contribution in [2.45, 2.75) is 0 Å². The smallest absolute Gasteiger partial charge is 0.272 e. The van der Waals surface area contributed by atoms with Crippen LogP contribution >= 0.6 is 0 Å². The van der Waals surface area contributed by atoms with Crippen molar-refractivity contribution in [2.24, 2.45) is 0 Å². The van der Waals surface area contributed by atoms with Gasteiger partial charge in [-0.1, -0.05) is 12.7 Å². The molecule has 36 heavy (non-hydrogen) atoms. The minimum absolute atomic E-state index is 0.203. The van der Waals surface area contributed by atoms with Crippen LogP contribution in [0.1, 0.15) is 10.5 Å². The molecule has 4 aromatic rings. The van der Waals surface area contributed by atoms with Crippen molar-refractivity contribution in [2.75, 3.05) is 50.1 Å². The number of ether oxygens (including phenoxy) is 2. The van der Waals surface area contributed by atoms with Crippen molar-refractivity contribution in [1.29, 1.82) is 0 Å². The molecular formula is C27H28N6O3. The third-order valence-corrected chi connectivity index (χ3v) is 5.93. The molecule has 0 atom stereocenters. The number of hydrogen-bond donors (Lipinski definition) is 2. The van der Waals surface area contributed by atoms with Crippen LogP contribution in [0, 0.1) is 0 Å². The first-order chi connectivity index (χ1) is 17.6. The van der Waals surface area contributed by atoms with Gasteiger partial charge in [-0.25, -0.2) is 4.98 Å². The summed E-state index contributed by atoms with van der Waals surface area (Å²) in [6, 6.07) is 16.4. The minimum atomic E-state index is -0.203. The second-order valence-corrected chi connectivity index (χ2v) is 8.56. The fourth-order valence-corrected chi connectivity index (χ4v) is 3.94. The number of amides is 1. The van der Waals surface area contributed by atoms with Crippen molar-refractivity contribution >= 4 is 28.4 Å². The second-order valence-electron chi connectivity index (χ2n) is 8.56. The maximum absolute atomic E-state index is 12.2. The number of hydrogen-bond acceptors (Lipinski definition) is 7. The maximum Gasteiger partial charge on any atom is 0.272 e. The molecule has 184 valence electrons. The van der Waals surface area contributed by atoms with Crippen LogP contribution in [-0.2, 0) is 0 Å². The Hall–Kier alpha value is -4.37. The molecule has 1 aliphatic heterocycles. The Bertz CT molecular complexity index is 1350. The van der Waals surface area contributed by atoms with E-state index in [0.29, 0.717) is 41.3 Å². The predicted octanol–water partition coefficient (Wildman–Crippen LogP) is 4.32. The molecule has 1 fully saturated rings. The van der Waals surface area contributed by atoms with Gasteiger partial charge in [0.2, 0.25) is 11.8 Å². The Morgan fingerprint density at radius 3 is 2.58 bits per heavy atom. The van der Waals surface area contributed by atoms with Gasteiger partial charge >= 0.3 is 0 Å². The summed E-state index contributed by atoms with van der Waals surface area (Å²) in [7, 11) is 2.12. The Morgan fingerprint density at radius 1 is 1.08 bits per heavy atom. The first-order valence-corrected chi connectivity index (χ1v) is 11.8. The highest BCUT2D eigenvalue weighted by Gasteiger charge is 2.19. The number of H-pyrrole nitrogens is 1. The molecule has 5 rings (SSSR count). The fourth-order valence-electron chi connectivity index (χ4n) is 3.94. The van der Waals surface area contributed by atoms with Crippen molar-refractivity contribution in [3.8, 4) is 17.4 Å². The van der Waals surface area contributed by atoms with E-state index in [1.807, 2.05) is 18.2 Å². The van der Waals surface area contributed by atoms with E-state index in [2.05, 4.69) is 33.7 Å². The quantitative estimate of drug-likeness (QED) is 0.360. The number of aromatic nitrogens is 3. The molecule has 0 unspecified atom stereocenters. The van der Waals surface area contributed by atoms with Crippen LogP contribution in [0.15, 0.2) is 73.4 Å². The third-order valence-electron chi connectivity index (χ3n) is 5.93. The molecule has 2 N–H and O–H groups in total. The highest BCUT2D eigenvalue weighted by Crippen LogP contribution is 2.32. The molecule has 0 spiro atoms. The SMILES string of the molecule is C=CCOc1nc(N2CCN(C)CC2)nc2ccc(Oc3ccc(NC(=O)c4ccc[nH]4)cc3)cc12. The van der Waals surface area contributed by atoms with E-state index in [4.69, 9.17) is 19.4 Å². The molecule has 9 heteroatoms. The number of carbonyl (C=O) groups is 1. The molecule has 1 amide bonds. The monoisotopic (exact) mass is 484 g/mol. The van der Waals surface area contributed by atoms with Gasteiger partial charge in [0.05, 0.1) is 10.9 Å². The van der Waals surface area contributed by atoms with Crippen LogP contribution in [0.3, 0.4) is 0 Å². The van der Waals surface area contributed by atoms with Gasteiger partial charge in [0, 0.05) is 38.1 Å². The van der Waals surface area contributed by atoms with Crippen LogP contribution in [-0.4, -0.2) is 65.6 Å².